The standard InChI is InChI=1S/C22H30N8O/c1-3-9-28(10-7-23)21-5-4-20-25-16-19(30(20)26-21)18-6-8-24-22(15-18)29-13-11-27(12-14-29)17(2)31/h4-6,8,15-16H,3,7,9-14,23H2,1-2H3. The number of hydrogen-bond acceptors (Lipinski definition) is 7. The van der Waals surface area contributed by atoms with Gasteiger partial charge in [0.2, 0.25) is 5.91 Å². The highest BCUT2D eigenvalue weighted by Gasteiger charge is 2.20. The highest BCUT2D eigenvalue weighted by Crippen LogP contribution is 2.25. The minimum absolute atomic E-state index is 0.126. The molecule has 3 aromatic rings. The van der Waals surface area contributed by atoms with Gasteiger partial charge in [0.05, 0.1) is 11.9 Å². The summed E-state index contributed by atoms with van der Waals surface area (Å²) >= 11 is 0. The number of carbonyl (C=O) groups excluding carboxylic acids is 1. The normalized spacial score (nSPS) is 14.3. The van der Waals surface area contributed by atoms with E-state index in [1.165, 1.54) is 0 Å². The largest absolute Gasteiger partial charge is 0.354 e. The van der Waals surface area contributed by atoms with Crippen LogP contribution in [0.15, 0.2) is 36.7 Å². The Morgan fingerprint density at radius 1 is 1.13 bits per heavy atom. The second kappa shape index (κ2) is 9.30. The molecular formula is C22H30N8O. The van der Waals surface area contributed by atoms with Crippen LogP contribution in [-0.4, -0.2) is 76.2 Å². The Morgan fingerprint density at radius 2 is 1.94 bits per heavy atom. The number of nitrogens with zero attached hydrogens (tertiary/aromatic N) is 7. The van der Waals surface area contributed by atoms with Crippen molar-refractivity contribution in [1.29, 1.82) is 0 Å². The lowest BCUT2D eigenvalue weighted by Gasteiger charge is -2.35. The maximum absolute atomic E-state index is 11.6. The van der Waals surface area contributed by atoms with Crippen LogP contribution in [0.25, 0.3) is 16.9 Å². The number of fused-ring (bicyclic) bond motifs is 1. The molecule has 4 heterocycles. The summed E-state index contributed by atoms with van der Waals surface area (Å²) in [6, 6.07) is 8.06. The molecule has 1 aliphatic rings. The van der Waals surface area contributed by atoms with Gasteiger partial charge in [-0.3, -0.25) is 4.79 Å². The van der Waals surface area contributed by atoms with E-state index in [1.54, 1.807) is 6.92 Å². The van der Waals surface area contributed by atoms with Crippen LogP contribution in [0.3, 0.4) is 0 Å². The molecule has 0 aromatic carbocycles. The predicted octanol–water partition coefficient (Wildman–Crippen LogP) is 1.63. The molecule has 1 aliphatic heterocycles. The first-order valence-corrected chi connectivity index (χ1v) is 10.9. The van der Waals surface area contributed by atoms with E-state index < -0.39 is 0 Å². The molecule has 4 rings (SSSR count). The first kappa shape index (κ1) is 21.0. The molecule has 1 saturated heterocycles. The third-order valence-corrected chi connectivity index (χ3v) is 5.66. The Hall–Kier alpha value is -3.20. The first-order valence-electron chi connectivity index (χ1n) is 10.9. The summed E-state index contributed by atoms with van der Waals surface area (Å²) in [5.74, 6) is 1.93. The van der Waals surface area contributed by atoms with Crippen LogP contribution in [0.1, 0.15) is 20.3 Å². The number of amides is 1. The van der Waals surface area contributed by atoms with Gasteiger partial charge in [-0.15, -0.1) is 5.10 Å². The van der Waals surface area contributed by atoms with Crippen molar-refractivity contribution in [2.45, 2.75) is 20.3 Å². The zero-order valence-corrected chi connectivity index (χ0v) is 18.2. The predicted molar refractivity (Wildman–Crippen MR) is 122 cm³/mol. The van der Waals surface area contributed by atoms with Crippen LogP contribution in [0.4, 0.5) is 11.6 Å². The fraction of sp³-hybridized carbons (Fsp3) is 0.455. The summed E-state index contributed by atoms with van der Waals surface area (Å²) in [6.07, 6.45) is 4.70. The van der Waals surface area contributed by atoms with Crippen molar-refractivity contribution in [2.75, 3.05) is 55.6 Å². The number of imidazole rings is 1. The molecule has 2 N–H and O–H groups in total. The van der Waals surface area contributed by atoms with Gasteiger partial charge >= 0.3 is 0 Å². The number of carbonyl (C=O) groups is 1. The van der Waals surface area contributed by atoms with Crippen LogP contribution in [0.2, 0.25) is 0 Å². The molecule has 0 saturated carbocycles. The van der Waals surface area contributed by atoms with Crippen LogP contribution in [-0.2, 0) is 4.79 Å². The Balaban J connectivity index is 1.62. The maximum atomic E-state index is 11.6. The number of anilines is 2. The second-order valence-corrected chi connectivity index (χ2v) is 7.78. The number of aromatic nitrogens is 4. The Kier molecular flexibility index (Phi) is 6.31. The van der Waals surface area contributed by atoms with Crippen molar-refractivity contribution < 1.29 is 4.79 Å². The molecule has 9 nitrogen and oxygen atoms in total. The molecule has 3 aromatic heterocycles. The Morgan fingerprint density at radius 3 is 2.65 bits per heavy atom. The lowest BCUT2D eigenvalue weighted by atomic mass is 10.2. The fourth-order valence-electron chi connectivity index (χ4n) is 4.00. The first-order chi connectivity index (χ1) is 15.1. The highest BCUT2D eigenvalue weighted by atomic mass is 16.2. The zero-order chi connectivity index (χ0) is 21.8. The topological polar surface area (TPSA) is 95.9 Å². The van der Waals surface area contributed by atoms with Crippen LogP contribution < -0.4 is 15.5 Å². The highest BCUT2D eigenvalue weighted by molar-refractivity contribution is 5.73. The van der Waals surface area contributed by atoms with Crippen LogP contribution in [0, 0.1) is 0 Å². The maximum Gasteiger partial charge on any atom is 0.219 e. The molecular weight excluding hydrogens is 392 g/mol. The number of hydrogen-bond donors (Lipinski definition) is 1. The van der Waals surface area contributed by atoms with Crippen molar-refractivity contribution >= 4 is 23.2 Å². The van der Waals surface area contributed by atoms with E-state index in [4.69, 9.17) is 10.8 Å². The van der Waals surface area contributed by atoms with E-state index in [0.29, 0.717) is 6.54 Å². The van der Waals surface area contributed by atoms with Crippen molar-refractivity contribution in [3.8, 4) is 11.3 Å². The molecule has 0 bridgehead atoms. The van der Waals surface area contributed by atoms with Gasteiger partial charge in [0.25, 0.3) is 0 Å². The third-order valence-electron chi connectivity index (χ3n) is 5.66. The molecule has 0 spiro atoms. The lowest BCUT2D eigenvalue weighted by molar-refractivity contribution is -0.129. The van der Waals surface area contributed by atoms with Crippen LogP contribution in [0.5, 0.6) is 0 Å². The zero-order valence-electron chi connectivity index (χ0n) is 18.2. The monoisotopic (exact) mass is 422 g/mol. The van der Waals surface area contributed by atoms with E-state index >= 15 is 0 Å². The van der Waals surface area contributed by atoms with Crippen molar-refractivity contribution in [3.63, 3.8) is 0 Å². The number of rotatable bonds is 7. The second-order valence-electron chi connectivity index (χ2n) is 7.78. The quantitative estimate of drug-likeness (QED) is 0.618. The summed E-state index contributed by atoms with van der Waals surface area (Å²) in [5.41, 5.74) is 8.54. The van der Waals surface area contributed by atoms with E-state index in [2.05, 4.69) is 32.8 Å². The summed E-state index contributed by atoms with van der Waals surface area (Å²) in [5, 5.41) is 4.87. The number of pyridine rings is 1. The average molecular weight is 423 g/mol. The van der Waals surface area contributed by atoms with Crippen molar-refractivity contribution in [2.24, 2.45) is 5.73 Å². The number of nitrogens with two attached hydrogens (primary N) is 1. The minimum atomic E-state index is 0.126. The molecule has 1 fully saturated rings. The molecule has 0 atom stereocenters. The van der Waals surface area contributed by atoms with Gasteiger partial charge in [0.15, 0.2) is 5.65 Å². The Bertz CT molecular complexity index is 1030. The van der Waals surface area contributed by atoms with E-state index in [9.17, 15) is 4.79 Å². The smallest absolute Gasteiger partial charge is 0.219 e. The van der Waals surface area contributed by atoms with E-state index in [0.717, 1.165) is 74.2 Å². The van der Waals surface area contributed by atoms with Crippen LogP contribution >= 0.6 is 0 Å². The molecule has 0 aliphatic carbocycles. The number of piperazine rings is 1. The third kappa shape index (κ3) is 4.46. The summed E-state index contributed by atoms with van der Waals surface area (Å²) in [7, 11) is 0. The molecule has 0 unspecified atom stereocenters. The summed E-state index contributed by atoms with van der Waals surface area (Å²) < 4.78 is 1.89. The molecule has 0 radical (unpaired) electrons. The molecule has 164 valence electrons. The van der Waals surface area contributed by atoms with E-state index in [1.807, 2.05) is 40.0 Å². The molecule has 31 heavy (non-hydrogen) atoms. The van der Waals surface area contributed by atoms with Crippen molar-refractivity contribution in [3.05, 3.63) is 36.7 Å². The Labute approximate surface area is 182 Å². The minimum Gasteiger partial charge on any atom is -0.354 e. The van der Waals surface area contributed by atoms with Gasteiger partial charge in [-0.2, -0.15) is 0 Å². The summed E-state index contributed by atoms with van der Waals surface area (Å²) in [4.78, 5) is 27.0. The lowest BCUT2D eigenvalue weighted by Crippen LogP contribution is -2.48. The van der Waals surface area contributed by atoms with Gasteiger partial charge in [0, 0.05) is 64.5 Å². The van der Waals surface area contributed by atoms with Gasteiger partial charge in [-0.05, 0) is 30.7 Å². The van der Waals surface area contributed by atoms with Crippen molar-refractivity contribution in [1.82, 2.24) is 24.5 Å². The fourth-order valence-corrected chi connectivity index (χ4v) is 4.00. The molecule has 9 heteroatoms. The van der Waals surface area contributed by atoms with Gasteiger partial charge in [0.1, 0.15) is 11.6 Å². The van der Waals surface area contributed by atoms with Gasteiger partial charge < -0.3 is 20.4 Å². The SMILES string of the molecule is CCCN(CCN)c1ccc2ncc(-c3ccnc(N4CCN(C(C)=O)CC4)c3)n2n1. The summed E-state index contributed by atoms with van der Waals surface area (Å²) in [6.45, 7) is 9.02. The molecule has 1 amide bonds. The van der Waals surface area contributed by atoms with Gasteiger partial charge in [-0.25, -0.2) is 14.5 Å². The van der Waals surface area contributed by atoms with Gasteiger partial charge in [-0.1, -0.05) is 6.92 Å². The van der Waals surface area contributed by atoms with E-state index in [-0.39, 0.29) is 5.91 Å². The average Bonchev–Trinajstić information content (AvgIpc) is 3.22.